The molecule has 158 valence electrons. The molecule has 0 radical (unpaired) electrons. The summed E-state index contributed by atoms with van der Waals surface area (Å²) in [7, 11) is 0. The number of hydrogen-bond donors (Lipinski definition) is 1. The number of fused-ring (bicyclic) bond motifs is 5. The second-order valence-electron chi connectivity index (χ2n) is 8.40. The molecular weight excluding hydrogens is 400 g/mol. The molecule has 0 bridgehead atoms. The zero-order chi connectivity index (χ0) is 20.6. The minimum atomic E-state index is -1.16. The monoisotopic (exact) mass is 420 g/mol. The van der Waals surface area contributed by atoms with Crippen LogP contribution in [0.3, 0.4) is 0 Å². The van der Waals surface area contributed by atoms with Gasteiger partial charge in [0, 0.05) is 11.3 Å². The van der Waals surface area contributed by atoms with E-state index in [0.717, 1.165) is 33.4 Å². The van der Waals surface area contributed by atoms with Crippen molar-refractivity contribution in [3.8, 4) is 23.0 Å². The molecule has 0 unspecified atom stereocenters. The smallest absolute Gasteiger partial charge is 0.231 e. The quantitative estimate of drug-likeness (QED) is 0.680. The first-order valence-corrected chi connectivity index (χ1v) is 10.4. The Labute approximate surface area is 178 Å². The third-order valence-electron chi connectivity index (χ3n) is 6.82. The Morgan fingerprint density at radius 2 is 1.61 bits per heavy atom. The SMILES string of the molecule is O[C@]12CO[C@H](c3ccc4c(c3)OCO4)[C@H]1CO[C@@H]2c1cc2c(c3ccccc13)OCO2. The number of benzene rings is 3. The van der Waals surface area contributed by atoms with E-state index in [1.807, 2.05) is 48.5 Å². The van der Waals surface area contributed by atoms with Gasteiger partial charge >= 0.3 is 0 Å². The molecule has 7 heteroatoms. The Morgan fingerprint density at radius 3 is 2.55 bits per heavy atom. The van der Waals surface area contributed by atoms with Crippen molar-refractivity contribution in [1.82, 2.24) is 0 Å². The number of ether oxygens (including phenoxy) is 6. The summed E-state index contributed by atoms with van der Waals surface area (Å²) in [5.41, 5.74) is 0.682. The van der Waals surface area contributed by atoms with Gasteiger partial charge in [-0.25, -0.2) is 0 Å². The van der Waals surface area contributed by atoms with Gasteiger partial charge in [-0.05, 0) is 34.7 Å². The van der Waals surface area contributed by atoms with Gasteiger partial charge < -0.3 is 33.5 Å². The first-order valence-electron chi connectivity index (χ1n) is 10.4. The van der Waals surface area contributed by atoms with Crippen LogP contribution in [0.5, 0.6) is 23.0 Å². The lowest BCUT2D eigenvalue weighted by atomic mass is 9.80. The zero-order valence-electron chi connectivity index (χ0n) is 16.6. The highest BCUT2D eigenvalue weighted by Crippen LogP contribution is 2.56. The summed E-state index contributed by atoms with van der Waals surface area (Å²) in [5.74, 6) is 2.64. The van der Waals surface area contributed by atoms with Crippen LogP contribution in [-0.2, 0) is 9.47 Å². The lowest BCUT2D eigenvalue weighted by Crippen LogP contribution is -2.39. The van der Waals surface area contributed by atoms with E-state index in [1.165, 1.54) is 0 Å². The minimum Gasteiger partial charge on any atom is -0.454 e. The molecule has 1 N–H and O–H groups in total. The molecule has 0 amide bonds. The van der Waals surface area contributed by atoms with E-state index in [0.29, 0.717) is 18.1 Å². The lowest BCUT2D eigenvalue weighted by Gasteiger charge is -2.28. The highest BCUT2D eigenvalue weighted by atomic mass is 16.7. The fraction of sp³-hybridized carbons (Fsp3) is 0.333. The molecule has 31 heavy (non-hydrogen) atoms. The van der Waals surface area contributed by atoms with Gasteiger partial charge in [0.05, 0.1) is 19.3 Å². The molecule has 2 saturated heterocycles. The topological polar surface area (TPSA) is 75.6 Å². The van der Waals surface area contributed by atoms with Crippen molar-refractivity contribution in [1.29, 1.82) is 0 Å². The van der Waals surface area contributed by atoms with E-state index >= 15 is 0 Å². The molecule has 7 nitrogen and oxygen atoms in total. The molecule has 4 aliphatic heterocycles. The Kier molecular flexibility index (Phi) is 3.57. The first-order chi connectivity index (χ1) is 15.2. The molecule has 4 heterocycles. The van der Waals surface area contributed by atoms with E-state index in [9.17, 15) is 5.11 Å². The van der Waals surface area contributed by atoms with Gasteiger partial charge in [-0.2, -0.15) is 0 Å². The summed E-state index contributed by atoms with van der Waals surface area (Å²) in [4.78, 5) is 0. The third kappa shape index (κ3) is 2.39. The van der Waals surface area contributed by atoms with Crippen molar-refractivity contribution in [2.75, 3.05) is 26.8 Å². The molecule has 0 aromatic heterocycles. The number of aliphatic hydroxyl groups is 1. The molecule has 7 rings (SSSR count). The molecule has 2 fully saturated rings. The van der Waals surface area contributed by atoms with E-state index < -0.39 is 11.7 Å². The summed E-state index contributed by atoms with van der Waals surface area (Å²) < 4.78 is 34.7. The first kappa shape index (κ1) is 17.7. The van der Waals surface area contributed by atoms with Crippen LogP contribution in [0.4, 0.5) is 0 Å². The molecule has 3 aromatic rings. The van der Waals surface area contributed by atoms with Crippen LogP contribution in [0.1, 0.15) is 23.3 Å². The largest absolute Gasteiger partial charge is 0.454 e. The van der Waals surface area contributed by atoms with Crippen molar-refractivity contribution >= 4 is 10.8 Å². The van der Waals surface area contributed by atoms with Crippen LogP contribution >= 0.6 is 0 Å². The lowest BCUT2D eigenvalue weighted by molar-refractivity contribution is -0.0622. The fourth-order valence-corrected chi connectivity index (χ4v) is 5.31. The van der Waals surface area contributed by atoms with Gasteiger partial charge in [-0.15, -0.1) is 0 Å². The van der Waals surface area contributed by atoms with Crippen molar-refractivity contribution in [2.24, 2.45) is 5.92 Å². The van der Waals surface area contributed by atoms with E-state index in [1.54, 1.807) is 0 Å². The summed E-state index contributed by atoms with van der Waals surface area (Å²) in [6.07, 6.45) is -0.819. The van der Waals surface area contributed by atoms with E-state index in [4.69, 9.17) is 28.4 Å². The van der Waals surface area contributed by atoms with Crippen molar-refractivity contribution in [3.63, 3.8) is 0 Å². The molecule has 0 aliphatic carbocycles. The van der Waals surface area contributed by atoms with Gasteiger partial charge in [0.1, 0.15) is 11.7 Å². The highest BCUT2D eigenvalue weighted by Gasteiger charge is 2.59. The van der Waals surface area contributed by atoms with Gasteiger partial charge in [-0.3, -0.25) is 0 Å². The molecule has 0 saturated carbocycles. The van der Waals surface area contributed by atoms with E-state index in [-0.39, 0.29) is 32.2 Å². The van der Waals surface area contributed by atoms with Gasteiger partial charge in [-0.1, -0.05) is 30.3 Å². The van der Waals surface area contributed by atoms with Crippen LogP contribution in [0, 0.1) is 5.92 Å². The predicted molar refractivity (Wildman–Crippen MR) is 108 cm³/mol. The Morgan fingerprint density at radius 1 is 0.806 bits per heavy atom. The third-order valence-corrected chi connectivity index (χ3v) is 6.82. The van der Waals surface area contributed by atoms with Crippen LogP contribution in [0.2, 0.25) is 0 Å². The minimum absolute atomic E-state index is 0.185. The standard InChI is InChI=1S/C24H20O7/c25-24-10-27-21(13-5-6-18-19(7-13)29-11-28-18)17(24)9-26-23(24)16-8-20-22(31-12-30-20)15-4-2-1-3-14(15)16/h1-8,17,21,23,25H,9-12H2/t17-,21-,23-,24-/m1/s1. The average Bonchev–Trinajstić information content (AvgIpc) is 3.56. The Hall–Kier alpha value is -3.00. The maximum atomic E-state index is 11.8. The fourth-order valence-electron chi connectivity index (χ4n) is 5.31. The summed E-state index contributed by atoms with van der Waals surface area (Å²) in [6.45, 7) is 0.990. The van der Waals surface area contributed by atoms with Crippen LogP contribution < -0.4 is 18.9 Å². The summed E-state index contributed by atoms with van der Waals surface area (Å²) >= 11 is 0. The Balaban J connectivity index is 1.29. The average molecular weight is 420 g/mol. The van der Waals surface area contributed by atoms with Gasteiger partial charge in [0.25, 0.3) is 0 Å². The Bertz CT molecular complexity index is 1210. The number of hydrogen-bond acceptors (Lipinski definition) is 7. The molecule has 0 spiro atoms. The second-order valence-corrected chi connectivity index (χ2v) is 8.40. The van der Waals surface area contributed by atoms with Crippen molar-refractivity contribution in [3.05, 3.63) is 59.7 Å². The maximum absolute atomic E-state index is 11.8. The molecule has 4 atom stereocenters. The van der Waals surface area contributed by atoms with Crippen LogP contribution in [0.15, 0.2) is 48.5 Å². The maximum Gasteiger partial charge on any atom is 0.231 e. The van der Waals surface area contributed by atoms with Crippen molar-refractivity contribution < 1.29 is 33.5 Å². The molecule has 4 aliphatic rings. The summed E-state index contributed by atoms with van der Waals surface area (Å²) in [6, 6.07) is 15.7. The van der Waals surface area contributed by atoms with Crippen LogP contribution in [-0.4, -0.2) is 37.5 Å². The summed E-state index contributed by atoms with van der Waals surface area (Å²) in [5, 5.41) is 13.7. The van der Waals surface area contributed by atoms with Gasteiger partial charge in [0.15, 0.2) is 23.0 Å². The van der Waals surface area contributed by atoms with E-state index in [2.05, 4.69) is 0 Å². The van der Waals surface area contributed by atoms with Crippen LogP contribution in [0.25, 0.3) is 10.8 Å². The predicted octanol–water partition coefficient (Wildman–Crippen LogP) is 3.49. The second kappa shape index (κ2) is 6.26. The molecular formula is C24H20O7. The van der Waals surface area contributed by atoms with Crippen molar-refractivity contribution in [2.45, 2.75) is 17.8 Å². The zero-order valence-corrected chi connectivity index (χ0v) is 16.6. The number of rotatable bonds is 2. The highest BCUT2D eigenvalue weighted by molar-refractivity contribution is 5.94. The van der Waals surface area contributed by atoms with Gasteiger partial charge in [0.2, 0.25) is 13.6 Å². The normalized spacial score (nSPS) is 30.2. The molecule has 3 aromatic carbocycles.